The molecular formula is C13H14N8O4S2. The van der Waals surface area contributed by atoms with E-state index in [1.807, 2.05) is 0 Å². The molecule has 3 rings (SSSR count). The van der Waals surface area contributed by atoms with Gasteiger partial charge in [0.25, 0.3) is 0 Å². The largest absolute Gasteiger partial charge is 0.241 e. The lowest BCUT2D eigenvalue weighted by atomic mass is 10.0. The summed E-state index contributed by atoms with van der Waals surface area (Å²) in [7, 11) is -6.29. The van der Waals surface area contributed by atoms with Crippen LogP contribution in [0.4, 0.5) is 5.95 Å². The summed E-state index contributed by atoms with van der Waals surface area (Å²) in [4.78, 5) is 7.86. The number of nitrogens with two attached hydrogens (primary N) is 1. The van der Waals surface area contributed by atoms with Crippen LogP contribution in [0.1, 0.15) is 0 Å². The van der Waals surface area contributed by atoms with E-state index in [2.05, 4.69) is 30.6 Å². The van der Waals surface area contributed by atoms with Gasteiger partial charge in [-0.1, -0.05) is 12.1 Å². The Morgan fingerprint density at radius 1 is 1.11 bits per heavy atom. The van der Waals surface area contributed by atoms with Crippen LogP contribution in [-0.2, 0) is 20.0 Å². The first kappa shape index (κ1) is 18.8. The summed E-state index contributed by atoms with van der Waals surface area (Å²) >= 11 is 0. The first-order valence-corrected chi connectivity index (χ1v) is 10.6. The van der Waals surface area contributed by atoms with E-state index < -0.39 is 20.0 Å². The van der Waals surface area contributed by atoms with Gasteiger partial charge in [-0.25, -0.2) is 36.2 Å². The first-order valence-electron chi connectivity index (χ1n) is 7.25. The monoisotopic (exact) mass is 410 g/mol. The Morgan fingerprint density at radius 3 is 2.30 bits per heavy atom. The summed E-state index contributed by atoms with van der Waals surface area (Å²) in [6, 6.07) is 4.42. The Kier molecular flexibility index (Phi) is 4.63. The highest BCUT2D eigenvalue weighted by atomic mass is 32.2. The second-order valence-electron chi connectivity index (χ2n) is 5.46. The van der Waals surface area contributed by atoms with E-state index in [0.29, 0.717) is 11.1 Å². The summed E-state index contributed by atoms with van der Waals surface area (Å²) < 4.78 is 48.0. The lowest BCUT2D eigenvalue weighted by Crippen LogP contribution is -2.26. The summed E-state index contributed by atoms with van der Waals surface area (Å²) in [6.45, 7) is 0. The number of rotatable bonds is 5. The van der Waals surface area contributed by atoms with Crippen molar-refractivity contribution >= 4 is 26.0 Å². The number of hydrogen-bond acceptors (Lipinski definition) is 9. The number of tetrazole rings is 1. The van der Waals surface area contributed by atoms with Crippen molar-refractivity contribution in [3.05, 3.63) is 30.6 Å². The van der Waals surface area contributed by atoms with Gasteiger partial charge in [0.2, 0.25) is 31.8 Å². The van der Waals surface area contributed by atoms with E-state index in [1.54, 1.807) is 6.07 Å². The fourth-order valence-electron chi connectivity index (χ4n) is 2.28. The number of nitrogens with one attached hydrogen (secondary N) is 1. The number of anilines is 1. The van der Waals surface area contributed by atoms with Crippen LogP contribution in [0, 0.1) is 0 Å². The Hall–Kier alpha value is -2.97. The Balaban J connectivity index is 2.18. The average molecular weight is 410 g/mol. The number of aromatic nitrogens is 6. The maximum atomic E-state index is 12.0. The highest BCUT2D eigenvalue weighted by Crippen LogP contribution is 2.34. The Bertz CT molecular complexity index is 1180. The molecule has 14 heteroatoms. The third-order valence-electron chi connectivity index (χ3n) is 3.63. The normalized spacial score (nSPS) is 12.1. The second kappa shape index (κ2) is 6.64. The zero-order chi connectivity index (χ0) is 19.8. The van der Waals surface area contributed by atoms with Crippen LogP contribution in [0.25, 0.3) is 22.5 Å². The molecule has 0 amide bonds. The minimum Gasteiger partial charge on any atom is -0.241 e. The van der Waals surface area contributed by atoms with Crippen LogP contribution < -0.4 is 9.44 Å². The summed E-state index contributed by atoms with van der Waals surface area (Å²) in [5.41, 5.74) is 0.920. The van der Waals surface area contributed by atoms with Crippen LogP contribution in [0.3, 0.4) is 0 Å². The molecule has 0 spiro atoms. The lowest BCUT2D eigenvalue weighted by molar-refractivity contribution is 0.596. The number of aromatic amines is 1. The molecule has 0 saturated carbocycles. The van der Waals surface area contributed by atoms with Gasteiger partial charge in [-0.15, -0.1) is 10.2 Å². The van der Waals surface area contributed by atoms with E-state index >= 15 is 0 Å². The van der Waals surface area contributed by atoms with E-state index in [0.717, 1.165) is 10.6 Å². The molecule has 3 aromatic rings. The molecule has 0 aliphatic heterocycles. The first-order chi connectivity index (χ1) is 12.6. The Morgan fingerprint density at radius 2 is 1.78 bits per heavy atom. The predicted octanol–water partition coefficient (Wildman–Crippen LogP) is -0.633. The summed E-state index contributed by atoms with van der Waals surface area (Å²) in [6.07, 6.45) is 3.74. The van der Waals surface area contributed by atoms with Gasteiger partial charge in [-0.3, -0.25) is 0 Å². The fourth-order valence-corrected chi connectivity index (χ4v) is 3.42. The van der Waals surface area contributed by atoms with E-state index in [-0.39, 0.29) is 22.2 Å². The van der Waals surface area contributed by atoms with Gasteiger partial charge < -0.3 is 0 Å². The average Bonchev–Trinajstić information content (AvgIpc) is 3.13. The third-order valence-corrected chi connectivity index (χ3v) is 5.74. The van der Waals surface area contributed by atoms with Crippen molar-refractivity contribution in [3.8, 4) is 22.5 Å². The topological polar surface area (TPSA) is 178 Å². The molecule has 0 radical (unpaired) electrons. The lowest BCUT2D eigenvalue weighted by Gasteiger charge is -2.15. The highest BCUT2D eigenvalue weighted by molar-refractivity contribution is 7.92. The molecule has 3 N–H and O–H groups in total. The molecular weight excluding hydrogens is 396 g/mol. The zero-order valence-corrected chi connectivity index (χ0v) is 15.7. The van der Waals surface area contributed by atoms with Crippen LogP contribution in [0.5, 0.6) is 0 Å². The standard InChI is InChI=1S/C13H14N8O4S2/c1-21(26(2,22)23)13-15-6-8(7-16-13)9-4-3-5-10(27(14,24)25)11(9)12-17-19-20-18-12/h3-7H,1-2H3,(H2,14,24,25)(H,17,18,19,20). The Labute approximate surface area is 154 Å². The van der Waals surface area contributed by atoms with Crippen molar-refractivity contribution in [2.24, 2.45) is 5.14 Å². The number of nitrogens with zero attached hydrogens (tertiary/aromatic N) is 6. The van der Waals surface area contributed by atoms with Crippen LogP contribution >= 0.6 is 0 Å². The van der Waals surface area contributed by atoms with Crippen molar-refractivity contribution < 1.29 is 16.8 Å². The molecule has 0 fully saturated rings. The molecule has 2 aromatic heterocycles. The molecule has 0 bridgehead atoms. The van der Waals surface area contributed by atoms with Gasteiger partial charge in [0.05, 0.1) is 16.7 Å². The third kappa shape index (κ3) is 3.76. The van der Waals surface area contributed by atoms with Gasteiger partial charge in [0.15, 0.2) is 0 Å². The number of sulfonamides is 2. The van der Waals surface area contributed by atoms with Gasteiger partial charge in [0.1, 0.15) is 0 Å². The minimum atomic E-state index is -4.08. The molecule has 27 heavy (non-hydrogen) atoms. The number of benzene rings is 1. The number of H-pyrrole nitrogens is 1. The summed E-state index contributed by atoms with van der Waals surface area (Å²) in [5.74, 6) is -0.0167. The molecule has 0 aliphatic carbocycles. The van der Waals surface area contributed by atoms with Gasteiger partial charge in [0, 0.05) is 25.0 Å². The molecule has 0 unspecified atom stereocenters. The van der Waals surface area contributed by atoms with Crippen LogP contribution in [0.2, 0.25) is 0 Å². The van der Waals surface area contributed by atoms with Gasteiger partial charge >= 0.3 is 0 Å². The van der Waals surface area contributed by atoms with E-state index in [4.69, 9.17) is 5.14 Å². The molecule has 0 aliphatic rings. The van der Waals surface area contributed by atoms with Gasteiger partial charge in [-0.2, -0.15) is 5.21 Å². The highest BCUT2D eigenvalue weighted by Gasteiger charge is 2.23. The van der Waals surface area contributed by atoms with Crippen LogP contribution in [-0.4, -0.2) is 60.7 Å². The number of hydrogen-bond donors (Lipinski definition) is 2. The maximum Gasteiger partial charge on any atom is 0.238 e. The SMILES string of the molecule is CN(c1ncc(-c2cccc(S(N)(=O)=O)c2-c2nn[nH]n2)cn1)S(C)(=O)=O. The fraction of sp³-hybridized carbons (Fsp3) is 0.154. The zero-order valence-electron chi connectivity index (χ0n) is 14.1. The summed E-state index contributed by atoms with van der Waals surface area (Å²) in [5, 5.41) is 18.7. The quantitative estimate of drug-likeness (QED) is 0.554. The predicted molar refractivity (Wildman–Crippen MR) is 95.3 cm³/mol. The molecule has 0 saturated heterocycles. The minimum absolute atomic E-state index is 0.0203. The van der Waals surface area contributed by atoms with Gasteiger partial charge in [-0.05, 0) is 16.8 Å². The molecule has 0 atom stereocenters. The second-order valence-corrected chi connectivity index (χ2v) is 9.00. The smallest absolute Gasteiger partial charge is 0.238 e. The maximum absolute atomic E-state index is 12.0. The van der Waals surface area contributed by atoms with E-state index in [1.165, 1.54) is 31.6 Å². The van der Waals surface area contributed by atoms with E-state index in [9.17, 15) is 16.8 Å². The van der Waals surface area contributed by atoms with Crippen molar-refractivity contribution in [2.75, 3.05) is 17.6 Å². The van der Waals surface area contributed by atoms with Crippen molar-refractivity contribution in [1.82, 2.24) is 30.6 Å². The van der Waals surface area contributed by atoms with Crippen molar-refractivity contribution in [2.45, 2.75) is 4.90 Å². The molecule has 2 heterocycles. The van der Waals surface area contributed by atoms with Crippen LogP contribution in [0.15, 0.2) is 35.5 Å². The van der Waals surface area contributed by atoms with Crippen molar-refractivity contribution in [3.63, 3.8) is 0 Å². The number of primary sulfonamides is 1. The molecule has 12 nitrogen and oxygen atoms in total. The molecule has 142 valence electrons. The molecule has 1 aromatic carbocycles. The van der Waals surface area contributed by atoms with Crippen molar-refractivity contribution in [1.29, 1.82) is 0 Å².